The van der Waals surface area contributed by atoms with Crippen molar-refractivity contribution in [3.63, 3.8) is 0 Å². The van der Waals surface area contributed by atoms with Crippen molar-refractivity contribution in [1.82, 2.24) is 9.03 Å². The molecule has 1 aliphatic rings. The van der Waals surface area contributed by atoms with Crippen LogP contribution in [0.1, 0.15) is 33.6 Å². The predicted octanol–water partition coefficient (Wildman–Crippen LogP) is 1.69. The molecule has 9 heteroatoms. The fourth-order valence-electron chi connectivity index (χ4n) is 2.48. The molecular weight excluding hydrogens is 362 g/mol. The quantitative estimate of drug-likeness (QED) is 0.802. The van der Waals surface area contributed by atoms with Gasteiger partial charge in [-0.05, 0) is 49.9 Å². The van der Waals surface area contributed by atoms with Crippen molar-refractivity contribution < 1.29 is 16.8 Å². The summed E-state index contributed by atoms with van der Waals surface area (Å²) in [7, 11) is -7.53. The van der Waals surface area contributed by atoms with Crippen LogP contribution in [0.25, 0.3) is 0 Å². The molecule has 0 spiro atoms. The van der Waals surface area contributed by atoms with Gasteiger partial charge in [-0.3, -0.25) is 0 Å². The lowest BCUT2D eigenvalue weighted by Crippen LogP contribution is -2.48. The lowest BCUT2D eigenvalue weighted by Gasteiger charge is -2.27. The molecule has 0 bridgehead atoms. The van der Waals surface area contributed by atoms with Crippen LogP contribution in [-0.4, -0.2) is 39.8 Å². The summed E-state index contributed by atoms with van der Waals surface area (Å²) in [6, 6.07) is 7.08. The fraction of sp³-hybridized carbons (Fsp3) is 0.562. The SMILES string of the molecule is CC(C)[C@@](C)(C#N)NS(=O)(=O)c1ccc(S(=O)(=O)N2CCCC2)cc1. The Labute approximate surface area is 149 Å². The third kappa shape index (κ3) is 4.03. The summed E-state index contributed by atoms with van der Waals surface area (Å²) in [5.41, 5.74) is -1.25. The average Bonchev–Trinajstić information content (AvgIpc) is 3.09. The highest BCUT2D eigenvalue weighted by molar-refractivity contribution is 7.89. The number of rotatable bonds is 6. The third-order valence-electron chi connectivity index (χ3n) is 4.57. The molecule has 0 aliphatic carbocycles. The topological polar surface area (TPSA) is 107 Å². The summed E-state index contributed by atoms with van der Waals surface area (Å²) in [6.07, 6.45) is 1.66. The van der Waals surface area contributed by atoms with Gasteiger partial charge in [-0.2, -0.15) is 14.3 Å². The monoisotopic (exact) mass is 385 g/mol. The van der Waals surface area contributed by atoms with Gasteiger partial charge in [0.15, 0.2) is 0 Å². The van der Waals surface area contributed by atoms with Gasteiger partial charge in [0.1, 0.15) is 5.54 Å². The Balaban J connectivity index is 2.29. The minimum absolute atomic E-state index is 0.0697. The van der Waals surface area contributed by atoms with Gasteiger partial charge in [-0.1, -0.05) is 13.8 Å². The van der Waals surface area contributed by atoms with E-state index in [1.165, 1.54) is 35.5 Å². The molecule has 0 aromatic heterocycles. The van der Waals surface area contributed by atoms with E-state index in [-0.39, 0.29) is 15.7 Å². The maximum absolute atomic E-state index is 12.5. The normalized spacial score (nSPS) is 18.8. The minimum Gasteiger partial charge on any atom is -0.207 e. The summed E-state index contributed by atoms with van der Waals surface area (Å²) in [6.45, 7) is 5.98. The van der Waals surface area contributed by atoms with E-state index in [4.69, 9.17) is 0 Å². The molecule has 1 saturated heterocycles. The average molecular weight is 386 g/mol. The largest absolute Gasteiger partial charge is 0.243 e. The highest BCUT2D eigenvalue weighted by Gasteiger charge is 2.34. The molecule has 1 N–H and O–H groups in total. The van der Waals surface area contributed by atoms with Gasteiger partial charge < -0.3 is 0 Å². The zero-order chi connectivity index (χ0) is 18.9. The van der Waals surface area contributed by atoms with Gasteiger partial charge in [0.05, 0.1) is 15.9 Å². The molecule has 2 rings (SSSR count). The standard InChI is InChI=1S/C16H23N3O4S2/c1-13(2)16(3,12-17)18-24(20,21)14-6-8-15(9-7-14)25(22,23)19-10-4-5-11-19/h6-9,13,18H,4-5,10-11H2,1-3H3/t16-/m1/s1. The van der Waals surface area contributed by atoms with E-state index in [0.29, 0.717) is 13.1 Å². The third-order valence-corrected chi connectivity index (χ3v) is 8.07. The van der Waals surface area contributed by atoms with Crippen molar-refractivity contribution in [2.45, 2.75) is 48.9 Å². The first-order valence-corrected chi connectivity index (χ1v) is 11.0. The van der Waals surface area contributed by atoms with Crippen molar-refractivity contribution in [3.05, 3.63) is 24.3 Å². The molecule has 1 aliphatic heterocycles. The number of hydrogen-bond acceptors (Lipinski definition) is 5. The van der Waals surface area contributed by atoms with Crippen molar-refractivity contribution in [2.24, 2.45) is 5.92 Å². The first-order valence-electron chi connectivity index (χ1n) is 8.08. The highest BCUT2D eigenvalue weighted by atomic mass is 32.2. The van der Waals surface area contributed by atoms with Crippen molar-refractivity contribution in [2.75, 3.05) is 13.1 Å². The van der Waals surface area contributed by atoms with E-state index in [2.05, 4.69) is 4.72 Å². The van der Waals surface area contributed by atoms with Crippen LogP contribution in [-0.2, 0) is 20.0 Å². The number of benzene rings is 1. The van der Waals surface area contributed by atoms with Gasteiger partial charge >= 0.3 is 0 Å². The van der Waals surface area contributed by atoms with E-state index >= 15 is 0 Å². The molecule has 0 unspecified atom stereocenters. The molecule has 138 valence electrons. The van der Waals surface area contributed by atoms with Crippen LogP contribution >= 0.6 is 0 Å². The molecule has 1 fully saturated rings. The van der Waals surface area contributed by atoms with Crippen molar-refractivity contribution >= 4 is 20.0 Å². The summed E-state index contributed by atoms with van der Waals surface area (Å²) >= 11 is 0. The Morgan fingerprint density at radius 3 is 2.00 bits per heavy atom. The molecule has 1 aromatic rings. The van der Waals surface area contributed by atoms with Crippen LogP contribution in [0.5, 0.6) is 0 Å². The Bertz CT molecular complexity index is 865. The van der Waals surface area contributed by atoms with E-state index in [0.717, 1.165) is 12.8 Å². The zero-order valence-electron chi connectivity index (χ0n) is 14.6. The van der Waals surface area contributed by atoms with Crippen LogP contribution in [0.2, 0.25) is 0 Å². The number of hydrogen-bond donors (Lipinski definition) is 1. The molecule has 7 nitrogen and oxygen atoms in total. The number of nitrogens with one attached hydrogen (secondary N) is 1. The molecule has 0 radical (unpaired) electrons. The maximum atomic E-state index is 12.5. The number of nitriles is 1. The van der Waals surface area contributed by atoms with Crippen LogP contribution in [0, 0.1) is 17.2 Å². The van der Waals surface area contributed by atoms with Gasteiger partial charge in [0, 0.05) is 13.1 Å². The van der Waals surface area contributed by atoms with Crippen LogP contribution in [0.3, 0.4) is 0 Å². The Hall–Kier alpha value is -1.47. The van der Waals surface area contributed by atoms with E-state index in [1.54, 1.807) is 13.8 Å². The van der Waals surface area contributed by atoms with Crippen LogP contribution < -0.4 is 4.72 Å². The summed E-state index contributed by atoms with van der Waals surface area (Å²) in [5.74, 6) is -0.234. The second-order valence-corrected chi connectivity index (χ2v) is 10.3. The molecular formula is C16H23N3O4S2. The second kappa shape index (κ2) is 7.03. The Morgan fingerprint density at radius 1 is 1.08 bits per heavy atom. The zero-order valence-corrected chi connectivity index (χ0v) is 16.2. The minimum atomic E-state index is -3.94. The first-order chi connectivity index (χ1) is 11.5. The summed E-state index contributed by atoms with van der Waals surface area (Å²) in [5, 5.41) is 9.28. The molecule has 0 saturated carbocycles. The molecule has 1 aromatic carbocycles. The first kappa shape index (κ1) is 19.8. The molecule has 1 heterocycles. The predicted molar refractivity (Wildman–Crippen MR) is 93.6 cm³/mol. The maximum Gasteiger partial charge on any atom is 0.243 e. The smallest absolute Gasteiger partial charge is 0.207 e. The summed E-state index contributed by atoms with van der Waals surface area (Å²) < 4.78 is 53.8. The van der Waals surface area contributed by atoms with Crippen molar-refractivity contribution in [3.8, 4) is 6.07 Å². The lowest BCUT2D eigenvalue weighted by molar-refractivity contribution is 0.388. The number of sulfonamides is 2. The van der Waals surface area contributed by atoms with Gasteiger partial charge in [0.25, 0.3) is 0 Å². The van der Waals surface area contributed by atoms with E-state index in [1.807, 2.05) is 6.07 Å². The van der Waals surface area contributed by atoms with Gasteiger partial charge in [0.2, 0.25) is 20.0 Å². The molecule has 25 heavy (non-hydrogen) atoms. The molecule has 1 atom stereocenters. The fourth-order valence-corrected chi connectivity index (χ4v) is 5.45. The van der Waals surface area contributed by atoms with Gasteiger partial charge in [-0.15, -0.1) is 0 Å². The van der Waals surface area contributed by atoms with E-state index < -0.39 is 25.6 Å². The van der Waals surface area contributed by atoms with Crippen LogP contribution in [0.15, 0.2) is 34.1 Å². The second-order valence-electron chi connectivity index (χ2n) is 6.66. The Morgan fingerprint density at radius 2 is 1.56 bits per heavy atom. The van der Waals surface area contributed by atoms with Crippen LogP contribution in [0.4, 0.5) is 0 Å². The molecule has 0 amide bonds. The summed E-state index contributed by atoms with van der Waals surface area (Å²) in [4.78, 5) is -0.00440. The number of nitrogens with zero attached hydrogens (tertiary/aromatic N) is 2. The van der Waals surface area contributed by atoms with Gasteiger partial charge in [-0.25, -0.2) is 16.8 Å². The van der Waals surface area contributed by atoms with Crippen molar-refractivity contribution in [1.29, 1.82) is 5.26 Å². The highest BCUT2D eigenvalue weighted by Crippen LogP contribution is 2.24. The van der Waals surface area contributed by atoms with E-state index in [9.17, 15) is 22.1 Å². The Kier molecular flexibility index (Phi) is 5.59. The lowest BCUT2D eigenvalue weighted by atomic mass is 9.92.